The third-order valence-electron chi connectivity index (χ3n) is 2.38. The summed E-state index contributed by atoms with van der Waals surface area (Å²) in [7, 11) is 0. The number of nitrogens with one attached hydrogen (secondary N) is 1. The van der Waals surface area contributed by atoms with Crippen LogP contribution in [0.2, 0.25) is 0 Å². The van der Waals surface area contributed by atoms with Gasteiger partial charge in [0, 0.05) is 5.56 Å². The molecule has 0 aliphatic rings. The molecule has 0 unspecified atom stereocenters. The summed E-state index contributed by atoms with van der Waals surface area (Å²) in [6.07, 6.45) is 1.33. The predicted molar refractivity (Wildman–Crippen MR) is 55.8 cm³/mol. The molecule has 2 aromatic rings. The van der Waals surface area contributed by atoms with Gasteiger partial charge in [0.2, 0.25) is 0 Å². The third kappa shape index (κ3) is 1.80. The van der Waals surface area contributed by atoms with E-state index >= 15 is 0 Å². The fourth-order valence-electron chi connectivity index (χ4n) is 1.58. The van der Waals surface area contributed by atoms with E-state index in [1.54, 1.807) is 0 Å². The molecular weight excluding hydrogens is 212 g/mol. The van der Waals surface area contributed by atoms with Crippen molar-refractivity contribution in [3.05, 3.63) is 35.7 Å². The molecule has 0 spiro atoms. The lowest BCUT2D eigenvalue weighted by molar-refractivity contribution is 0.506. The minimum Gasteiger partial charge on any atom is -0.259 e. The summed E-state index contributed by atoms with van der Waals surface area (Å²) < 4.78 is 26.3. The van der Waals surface area contributed by atoms with Crippen LogP contribution in [0.1, 0.15) is 25.3 Å². The number of aromatic amines is 1. The highest BCUT2D eigenvalue weighted by Crippen LogP contribution is 2.28. The first-order valence-electron chi connectivity index (χ1n) is 4.94. The van der Waals surface area contributed by atoms with Crippen molar-refractivity contribution in [1.29, 1.82) is 0 Å². The van der Waals surface area contributed by atoms with E-state index in [0.717, 1.165) is 6.07 Å². The number of hydrogen-bond donors (Lipinski definition) is 1. The van der Waals surface area contributed by atoms with Gasteiger partial charge in [0.15, 0.2) is 17.5 Å². The Morgan fingerprint density at radius 2 is 1.88 bits per heavy atom. The van der Waals surface area contributed by atoms with Crippen molar-refractivity contribution in [2.75, 3.05) is 0 Å². The molecule has 0 aliphatic heterocycles. The van der Waals surface area contributed by atoms with Crippen molar-refractivity contribution < 1.29 is 8.78 Å². The van der Waals surface area contributed by atoms with Crippen molar-refractivity contribution in [2.24, 2.45) is 0 Å². The van der Waals surface area contributed by atoms with Gasteiger partial charge in [0.1, 0.15) is 6.33 Å². The van der Waals surface area contributed by atoms with E-state index in [1.165, 1.54) is 12.4 Å². The molecule has 16 heavy (non-hydrogen) atoms. The second kappa shape index (κ2) is 4.00. The molecule has 84 valence electrons. The Kier molecular flexibility index (Phi) is 2.68. The number of halogens is 2. The van der Waals surface area contributed by atoms with Gasteiger partial charge in [-0.05, 0) is 23.6 Å². The highest BCUT2D eigenvalue weighted by atomic mass is 19.2. The van der Waals surface area contributed by atoms with Crippen molar-refractivity contribution >= 4 is 0 Å². The highest BCUT2D eigenvalue weighted by molar-refractivity contribution is 5.60. The maximum atomic E-state index is 13.2. The number of nitrogens with zero attached hydrogens (tertiary/aromatic N) is 2. The van der Waals surface area contributed by atoms with Gasteiger partial charge in [-0.15, -0.1) is 0 Å². The first kappa shape index (κ1) is 10.7. The lowest BCUT2D eigenvalue weighted by atomic mass is 9.96. The zero-order valence-corrected chi connectivity index (χ0v) is 8.96. The first-order valence-corrected chi connectivity index (χ1v) is 4.94. The maximum absolute atomic E-state index is 13.2. The molecule has 1 N–H and O–H groups in total. The molecule has 0 amide bonds. The van der Waals surface area contributed by atoms with Gasteiger partial charge in [0.05, 0.1) is 0 Å². The molecule has 0 bridgehead atoms. The second-order valence-corrected chi connectivity index (χ2v) is 3.84. The normalized spacial score (nSPS) is 11.1. The summed E-state index contributed by atoms with van der Waals surface area (Å²) in [6.45, 7) is 3.82. The fourth-order valence-corrected chi connectivity index (χ4v) is 1.58. The van der Waals surface area contributed by atoms with Crippen LogP contribution in [0.15, 0.2) is 18.5 Å². The molecule has 0 saturated heterocycles. The topological polar surface area (TPSA) is 41.6 Å². The van der Waals surface area contributed by atoms with Crippen molar-refractivity contribution in [3.63, 3.8) is 0 Å². The Bertz CT molecular complexity index is 492. The van der Waals surface area contributed by atoms with Gasteiger partial charge < -0.3 is 0 Å². The Morgan fingerprint density at radius 1 is 1.19 bits per heavy atom. The summed E-state index contributed by atoms with van der Waals surface area (Å²) in [6, 6.07) is 2.35. The van der Waals surface area contributed by atoms with E-state index in [-0.39, 0.29) is 5.92 Å². The zero-order chi connectivity index (χ0) is 11.7. The summed E-state index contributed by atoms with van der Waals surface area (Å²) in [5, 5.41) is 6.34. The van der Waals surface area contributed by atoms with Crippen LogP contribution in [0.5, 0.6) is 0 Å². The van der Waals surface area contributed by atoms with Crippen LogP contribution in [0.3, 0.4) is 0 Å². The number of hydrogen-bond acceptors (Lipinski definition) is 2. The smallest absolute Gasteiger partial charge is 0.159 e. The lowest BCUT2D eigenvalue weighted by Gasteiger charge is -2.11. The molecule has 1 heterocycles. The quantitative estimate of drug-likeness (QED) is 0.850. The summed E-state index contributed by atoms with van der Waals surface area (Å²) in [5.41, 5.74) is 1.25. The Morgan fingerprint density at radius 3 is 2.44 bits per heavy atom. The van der Waals surface area contributed by atoms with Crippen molar-refractivity contribution in [1.82, 2.24) is 15.2 Å². The summed E-state index contributed by atoms with van der Waals surface area (Å²) in [5.74, 6) is -1.19. The van der Waals surface area contributed by atoms with Gasteiger partial charge in [0.25, 0.3) is 0 Å². The molecule has 5 heteroatoms. The van der Waals surface area contributed by atoms with Gasteiger partial charge in [-0.1, -0.05) is 13.8 Å². The molecule has 2 rings (SSSR count). The van der Waals surface area contributed by atoms with Gasteiger partial charge in [-0.3, -0.25) is 5.10 Å². The van der Waals surface area contributed by atoms with E-state index in [2.05, 4.69) is 15.2 Å². The Balaban J connectivity index is 2.63. The van der Waals surface area contributed by atoms with Crippen LogP contribution >= 0.6 is 0 Å². The molecular formula is C11H11F2N3. The van der Waals surface area contributed by atoms with Crippen molar-refractivity contribution in [3.8, 4) is 11.4 Å². The SMILES string of the molecule is CC(C)c1cc(F)c(F)cc1-c1ncn[nH]1. The number of aromatic nitrogens is 3. The van der Waals surface area contributed by atoms with Gasteiger partial charge in [-0.25, -0.2) is 13.8 Å². The fraction of sp³-hybridized carbons (Fsp3) is 0.273. The maximum Gasteiger partial charge on any atom is 0.159 e. The number of H-pyrrole nitrogens is 1. The third-order valence-corrected chi connectivity index (χ3v) is 2.38. The van der Waals surface area contributed by atoms with E-state index in [0.29, 0.717) is 17.0 Å². The standard InChI is InChI=1S/C11H11F2N3/c1-6(2)7-3-9(12)10(13)4-8(7)11-14-5-15-16-11/h3-6H,1-2H3,(H,14,15,16). The molecule has 0 fully saturated rings. The van der Waals surface area contributed by atoms with E-state index in [4.69, 9.17) is 0 Å². The molecule has 1 aromatic carbocycles. The lowest BCUT2D eigenvalue weighted by Crippen LogP contribution is -1.98. The van der Waals surface area contributed by atoms with Gasteiger partial charge >= 0.3 is 0 Å². The van der Waals surface area contributed by atoms with Crippen LogP contribution in [0, 0.1) is 11.6 Å². The molecule has 1 aromatic heterocycles. The van der Waals surface area contributed by atoms with Crippen molar-refractivity contribution in [2.45, 2.75) is 19.8 Å². The minimum atomic E-state index is -0.879. The Hall–Kier alpha value is -1.78. The van der Waals surface area contributed by atoms with Crippen LogP contribution in [0.25, 0.3) is 11.4 Å². The minimum absolute atomic E-state index is 0.0789. The second-order valence-electron chi connectivity index (χ2n) is 3.84. The van der Waals surface area contributed by atoms with Gasteiger partial charge in [-0.2, -0.15) is 5.10 Å². The number of rotatable bonds is 2. The largest absolute Gasteiger partial charge is 0.259 e. The average molecular weight is 223 g/mol. The zero-order valence-electron chi connectivity index (χ0n) is 8.96. The van der Waals surface area contributed by atoms with E-state index < -0.39 is 11.6 Å². The van der Waals surface area contributed by atoms with E-state index in [1.807, 2.05) is 13.8 Å². The van der Waals surface area contributed by atoms with E-state index in [9.17, 15) is 8.78 Å². The molecule has 0 atom stereocenters. The predicted octanol–water partition coefficient (Wildman–Crippen LogP) is 2.87. The van der Waals surface area contributed by atoms with Crippen LogP contribution < -0.4 is 0 Å². The summed E-state index contributed by atoms with van der Waals surface area (Å²) >= 11 is 0. The summed E-state index contributed by atoms with van der Waals surface area (Å²) in [4.78, 5) is 3.94. The number of benzene rings is 1. The van der Waals surface area contributed by atoms with Crippen LogP contribution in [0.4, 0.5) is 8.78 Å². The molecule has 3 nitrogen and oxygen atoms in total. The molecule has 0 radical (unpaired) electrons. The first-order chi connectivity index (χ1) is 7.59. The average Bonchev–Trinajstić information content (AvgIpc) is 2.74. The monoisotopic (exact) mass is 223 g/mol. The molecule has 0 saturated carbocycles. The van der Waals surface area contributed by atoms with Crippen LogP contribution in [-0.4, -0.2) is 15.2 Å². The van der Waals surface area contributed by atoms with Crippen LogP contribution in [-0.2, 0) is 0 Å². The molecule has 0 aliphatic carbocycles. The highest BCUT2D eigenvalue weighted by Gasteiger charge is 2.15. The Labute approximate surface area is 91.5 Å².